The third-order valence-corrected chi connectivity index (χ3v) is 8.05. The van der Waals surface area contributed by atoms with Crippen LogP contribution in [0.3, 0.4) is 0 Å². The second-order valence-electron chi connectivity index (χ2n) is 8.14. The summed E-state index contributed by atoms with van der Waals surface area (Å²) in [4.78, 5) is 4.82. The minimum Gasteiger partial charge on any atom is -0.485 e. The molecule has 0 fully saturated rings. The number of hydrogen-bond acceptors (Lipinski definition) is 7. The lowest BCUT2D eigenvalue weighted by Crippen LogP contribution is -2.12. The van der Waals surface area contributed by atoms with Crippen LogP contribution in [0.4, 0.5) is 0 Å². The molecule has 2 heterocycles. The van der Waals surface area contributed by atoms with Crippen LogP contribution in [-0.2, 0) is 23.6 Å². The van der Waals surface area contributed by atoms with Crippen molar-refractivity contribution in [2.45, 2.75) is 24.1 Å². The molecule has 9 heteroatoms. The number of nitrogens with zero attached hydrogens (tertiary/aromatic N) is 4. The zero-order valence-corrected chi connectivity index (χ0v) is 23.4. The Hall–Kier alpha value is -2.98. The van der Waals surface area contributed by atoms with Gasteiger partial charge in [0.05, 0.1) is 12.3 Å². The Morgan fingerprint density at radius 3 is 2.59 bits per heavy atom. The maximum atomic E-state index is 6.25. The van der Waals surface area contributed by atoms with Gasteiger partial charge in [0.15, 0.2) is 11.0 Å². The lowest BCUT2D eigenvalue weighted by Gasteiger charge is -2.13. The fourth-order valence-electron chi connectivity index (χ4n) is 3.80. The van der Waals surface area contributed by atoms with Crippen LogP contribution >= 0.6 is 39.0 Å². The molecule has 0 radical (unpaired) electrons. The number of thioether (sulfide) groups is 1. The van der Waals surface area contributed by atoms with Crippen molar-refractivity contribution in [1.82, 2.24) is 19.7 Å². The van der Waals surface area contributed by atoms with E-state index in [0.717, 1.165) is 48.6 Å². The third kappa shape index (κ3) is 6.48. The Labute approximate surface area is 232 Å². The molecule has 3 aromatic carbocycles. The first-order valence-electron chi connectivity index (χ1n) is 11.7. The Balaban J connectivity index is 1.29. The summed E-state index contributed by atoms with van der Waals surface area (Å²) in [6.07, 6.45) is 0. The summed E-state index contributed by atoms with van der Waals surface area (Å²) in [5.41, 5.74) is 4.28. The van der Waals surface area contributed by atoms with Gasteiger partial charge in [-0.15, -0.1) is 21.5 Å². The second kappa shape index (κ2) is 12.5. The molecule has 0 saturated heterocycles. The van der Waals surface area contributed by atoms with E-state index in [1.165, 1.54) is 0 Å². The average Bonchev–Trinajstić information content (AvgIpc) is 3.57. The van der Waals surface area contributed by atoms with Gasteiger partial charge in [-0.05, 0) is 23.8 Å². The lowest BCUT2D eigenvalue weighted by atomic mass is 10.1. The average molecular weight is 594 g/mol. The molecule has 0 N–H and O–H groups in total. The van der Waals surface area contributed by atoms with E-state index in [0.29, 0.717) is 25.5 Å². The molecule has 0 aliphatic carbocycles. The fraction of sp³-hybridized carbons (Fsp3) is 0.179. The van der Waals surface area contributed by atoms with Crippen molar-refractivity contribution in [1.29, 1.82) is 0 Å². The molecule has 0 saturated carbocycles. The third-order valence-electron chi connectivity index (χ3n) is 5.61. The van der Waals surface area contributed by atoms with E-state index >= 15 is 0 Å². The molecule has 2 aromatic heterocycles. The maximum Gasteiger partial charge on any atom is 0.191 e. The number of ether oxygens (including phenoxy) is 2. The molecular weight excluding hydrogens is 568 g/mol. The Morgan fingerprint density at radius 1 is 0.946 bits per heavy atom. The van der Waals surface area contributed by atoms with E-state index in [-0.39, 0.29) is 0 Å². The van der Waals surface area contributed by atoms with Gasteiger partial charge in [-0.3, -0.25) is 0 Å². The highest BCUT2D eigenvalue weighted by molar-refractivity contribution is 9.10. The molecule has 0 atom stereocenters. The van der Waals surface area contributed by atoms with Crippen LogP contribution < -0.4 is 4.74 Å². The van der Waals surface area contributed by atoms with E-state index < -0.39 is 0 Å². The number of methoxy groups -OCH3 is 1. The van der Waals surface area contributed by atoms with Gasteiger partial charge >= 0.3 is 0 Å². The van der Waals surface area contributed by atoms with E-state index in [2.05, 4.69) is 66.4 Å². The van der Waals surface area contributed by atoms with Gasteiger partial charge in [-0.1, -0.05) is 88.4 Å². The molecule has 0 aliphatic rings. The highest BCUT2D eigenvalue weighted by Gasteiger charge is 2.16. The highest BCUT2D eigenvalue weighted by Crippen LogP contribution is 2.31. The molecule has 188 valence electrons. The Bertz CT molecular complexity index is 1460. The van der Waals surface area contributed by atoms with Gasteiger partial charge in [-0.2, -0.15) is 0 Å². The number of para-hydroxylation sites is 1. The first-order chi connectivity index (χ1) is 18.2. The summed E-state index contributed by atoms with van der Waals surface area (Å²) in [5, 5.41) is 12.8. The van der Waals surface area contributed by atoms with Gasteiger partial charge < -0.3 is 14.0 Å². The SMILES string of the molecule is COCCn1c(COc2ccccc2-c2ccccc2)nnc1SCc1csc(-c2cccc(Br)c2)n1. The quantitative estimate of drug-likeness (QED) is 0.149. The van der Waals surface area contributed by atoms with Crippen LogP contribution in [0.1, 0.15) is 11.5 Å². The number of benzene rings is 3. The van der Waals surface area contributed by atoms with E-state index in [1.54, 1.807) is 30.2 Å². The predicted molar refractivity (Wildman–Crippen MR) is 153 cm³/mol. The summed E-state index contributed by atoms with van der Waals surface area (Å²) >= 11 is 6.80. The molecule has 0 bridgehead atoms. The van der Waals surface area contributed by atoms with Crippen molar-refractivity contribution in [3.05, 3.63) is 100 Å². The van der Waals surface area contributed by atoms with Crippen LogP contribution in [-0.4, -0.2) is 33.5 Å². The molecule has 5 rings (SSSR count). The molecule has 5 aromatic rings. The monoisotopic (exact) mass is 592 g/mol. The first kappa shape index (κ1) is 25.7. The summed E-state index contributed by atoms with van der Waals surface area (Å²) in [5.74, 6) is 2.27. The van der Waals surface area contributed by atoms with Crippen LogP contribution in [0.15, 0.2) is 93.9 Å². The zero-order valence-electron chi connectivity index (χ0n) is 20.2. The molecule has 37 heavy (non-hydrogen) atoms. The normalized spacial score (nSPS) is 11.1. The van der Waals surface area contributed by atoms with E-state index in [1.807, 2.05) is 48.5 Å². The standard InChI is InChI=1S/C28H25BrN4O2S2/c1-34-15-14-33-26(17-35-25-13-6-5-12-24(25)20-8-3-2-4-9-20)31-32-28(33)37-19-23-18-36-27(30-23)21-10-7-11-22(29)16-21/h2-13,16,18H,14-15,17,19H2,1H3. The van der Waals surface area contributed by atoms with Gasteiger partial charge in [0.2, 0.25) is 0 Å². The van der Waals surface area contributed by atoms with Gasteiger partial charge in [0.1, 0.15) is 17.4 Å². The Kier molecular flexibility index (Phi) is 8.68. The summed E-state index contributed by atoms with van der Waals surface area (Å²) in [7, 11) is 1.70. The summed E-state index contributed by atoms with van der Waals surface area (Å²) in [6.45, 7) is 1.51. The van der Waals surface area contributed by atoms with Crippen LogP contribution in [0, 0.1) is 0 Å². The number of aromatic nitrogens is 4. The molecule has 6 nitrogen and oxygen atoms in total. The van der Waals surface area contributed by atoms with Crippen LogP contribution in [0.5, 0.6) is 5.75 Å². The molecule has 0 unspecified atom stereocenters. The predicted octanol–water partition coefficient (Wildman–Crippen LogP) is 7.35. The van der Waals surface area contributed by atoms with Crippen molar-refractivity contribution < 1.29 is 9.47 Å². The summed E-state index contributed by atoms with van der Waals surface area (Å²) < 4.78 is 14.7. The smallest absolute Gasteiger partial charge is 0.191 e. The second-order valence-corrected chi connectivity index (χ2v) is 10.9. The molecule has 0 aliphatic heterocycles. The van der Waals surface area contributed by atoms with Crippen LogP contribution in [0.2, 0.25) is 0 Å². The van der Waals surface area contributed by atoms with E-state index in [4.69, 9.17) is 14.5 Å². The minimum atomic E-state index is 0.310. The highest BCUT2D eigenvalue weighted by atomic mass is 79.9. The topological polar surface area (TPSA) is 62.1 Å². The number of rotatable bonds is 11. The largest absolute Gasteiger partial charge is 0.485 e. The van der Waals surface area contributed by atoms with Gasteiger partial charge in [-0.25, -0.2) is 4.98 Å². The first-order valence-corrected chi connectivity index (χ1v) is 14.4. The van der Waals surface area contributed by atoms with Crippen molar-refractivity contribution >= 4 is 39.0 Å². The van der Waals surface area contributed by atoms with Crippen molar-refractivity contribution in [3.8, 4) is 27.4 Å². The van der Waals surface area contributed by atoms with Gasteiger partial charge in [0.25, 0.3) is 0 Å². The number of halogens is 1. The minimum absolute atomic E-state index is 0.310. The molecule has 0 amide bonds. The van der Waals surface area contributed by atoms with Crippen molar-refractivity contribution in [2.24, 2.45) is 0 Å². The van der Waals surface area contributed by atoms with Gasteiger partial charge in [0, 0.05) is 40.4 Å². The van der Waals surface area contributed by atoms with Crippen LogP contribution in [0.25, 0.3) is 21.7 Å². The Morgan fingerprint density at radius 2 is 1.76 bits per heavy atom. The molecule has 0 spiro atoms. The summed E-state index contributed by atoms with van der Waals surface area (Å²) in [6, 6.07) is 26.5. The van der Waals surface area contributed by atoms with E-state index in [9.17, 15) is 0 Å². The van der Waals surface area contributed by atoms with Crippen molar-refractivity contribution in [3.63, 3.8) is 0 Å². The molecular formula is C28H25BrN4O2S2. The number of thiazole rings is 1. The lowest BCUT2D eigenvalue weighted by molar-refractivity contribution is 0.181. The number of hydrogen-bond donors (Lipinski definition) is 0. The fourth-order valence-corrected chi connectivity index (χ4v) is 5.99. The maximum absolute atomic E-state index is 6.25. The zero-order chi connectivity index (χ0) is 25.5. The van der Waals surface area contributed by atoms with Crippen molar-refractivity contribution in [2.75, 3.05) is 13.7 Å².